The lowest BCUT2D eigenvalue weighted by Crippen LogP contribution is -2.45. The summed E-state index contributed by atoms with van der Waals surface area (Å²) in [6.07, 6.45) is 3.95. The zero-order valence-electron chi connectivity index (χ0n) is 22.3. The maximum Gasteiger partial charge on any atom is 0.259 e. The first-order valence-electron chi connectivity index (χ1n) is 12.8. The average molecular weight is 498 g/mol. The molecular weight excluding hydrogens is 462 g/mol. The molecule has 0 atom stereocenters. The van der Waals surface area contributed by atoms with Crippen molar-refractivity contribution in [2.75, 3.05) is 58.8 Å². The molecular formula is C30H35N5O2. The number of H-pyrrole nitrogens is 1. The van der Waals surface area contributed by atoms with Crippen LogP contribution < -0.4 is 9.64 Å². The third-order valence-electron chi connectivity index (χ3n) is 7.20. The summed E-state index contributed by atoms with van der Waals surface area (Å²) < 4.78 is 5.63. The van der Waals surface area contributed by atoms with E-state index >= 15 is 0 Å². The van der Waals surface area contributed by atoms with Crippen molar-refractivity contribution in [2.24, 2.45) is 0 Å². The Hall–Kier alpha value is -3.84. The number of carbonyl (C=O) groups excluding carboxylic acids is 1. The number of pyridine rings is 1. The number of nitrogens with one attached hydrogen (secondary N) is 1. The lowest BCUT2D eigenvalue weighted by atomic mass is 9.97. The van der Waals surface area contributed by atoms with Crippen LogP contribution >= 0.6 is 0 Å². The van der Waals surface area contributed by atoms with Crippen LogP contribution in [0.1, 0.15) is 11.1 Å². The molecule has 7 nitrogen and oxygen atoms in total. The van der Waals surface area contributed by atoms with E-state index in [9.17, 15) is 4.79 Å². The largest absolute Gasteiger partial charge is 0.484 e. The van der Waals surface area contributed by atoms with Crippen LogP contribution in [0, 0.1) is 13.8 Å². The molecule has 0 unspecified atom stereocenters. The van der Waals surface area contributed by atoms with Gasteiger partial charge in [0.15, 0.2) is 6.61 Å². The molecule has 1 N–H and O–H groups in total. The lowest BCUT2D eigenvalue weighted by Gasteiger charge is -2.36. The topological polar surface area (TPSA) is 64.7 Å². The molecule has 2 aromatic heterocycles. The molecule has 37 heavy (non-hydrogen) atoms. The number of carbonyl (C=O) groups is 1. The van der Waals surface area contributed by atoms with Crippen molar-refractivity contribution < 1.29 is 9.53 Å². The van der Waals surface area contributed by atoms with Gasteiger partial charge in [0, 0.05) is 74.9 Å². The van der Waals surface area contributed by atoms with Crippen molar-refractivity contribution in [1.82, 2.24) is 19.8 Å². The van der Waals surface area contributed by atoms with Crippen LogP contribution in [0.15, 0.2) is 54.9 Å². The molecule has 7 heteroatoms. The summed E-state index contributed by atoms with van der Waals surface area (Å²) >= 11 is 0. The first kappa shape index (κ1) is 24.8. The zero-order valence-corrected chi connectivity index (χ0v) is 22.3. The molecule has 0 saturated carbocycles. The fourth-order valence-electron chi connectivity index (χ4n) is 5.06. The smallest absolute Gasteiger partial charge is 0.259 e. The number of benzene rings is 2. The third kappa shape index (κ3) is 5.18. The van der Waals surface area contributed by atoms with Gasteiger partial charge in [-0.1, -0.05) is 12.1 Å². The summed E-state index contributed by atoms with van der Waals surface area (Å²) in [5, 5.41) is 1.08. The van der Waals surface area contributed by atoms with Crippen LogP contribution in [0.3, 0.4) is 0 Å². The van der Waals surface area contributed by atoms with Crippen molar-refractivity contribution >= 4 is 22.6 Å². The van der Waals surface area contributed by atoms with Gasteiger partial charge in [-0.3, -0.25) is 4.79 Å². The first-order valence-corrected chi connectivity index (χ1v) is 12.8. The minimum Gasteiger partial charge on any atom is -0.484 e. The molecule has 0 aliphatic carbocycles. The number of nitrogens with zero attached hydrogens (tertiary/aromatic N) is 4. The molecule has 0 spiro atoms. The highest BCUT2D eigenvalue weighted by Crippen LogP contribution is 2.35. The molecule has 4 aromatic rings. The number of anilines is 1. The summed E-state index contributed by atoms with van der Waals surface area (Å²) in [5.74, 6) is 0.602. The van der Waals surface area contributed by atoms with Crippen molar-refractivity contribution in [3.8, 4) is 28.0 Å². The quantitative estimate of drug-likeness (QED) is 0.417. The van der Waals surface area contributed by atoms with E-state index in [0.29, 0.717) is 5.75 Å². The molecule has 0 radical (unpaired) electrons. The van der Waals surface area contributed by atoms with E-state index in [2.05, 4.69) is 53.9 Å². The summed E-state index contributed by atoms with van der Waals surface area (Å²) in [6, 6.07) is 14.6. The zero-order chi connectivity index (χ0) is 26.1. The number of aromatic nitrogens is 2. The summed E-state index contributed by atoms with van der Waals surface area (Å²) in [4.78, 5) is 26.3. The Bertz CT molecular complexity index is 1390. The number of rotatable bonds is 6. The highest BCUT2D eigenvalue weighted by Gasteiger charge is 2.19. The van der Waals surface area contributed by atoms with Gasteiger partial charge in [-0.15, -0.1) is 0 Å². The molecule has 1 saturated heterocycles. The number of likely N-dealkylation sites (N-methyl/N-ethyl adjacent to an activating group) is 2. The van der Waals surface area contributed by atoms with E-state index in [-0.39, 0.29) is 12.5 Å². The van der Waals surface area contributed by atoms with Crippen LogP contribution in [-0.2, 0) is 4.79 Å². The molecule has 2 aromatic carbocycles. The Balaban J connectivity index is 1.41. The lowest BCUT2D eigenvalue weighted by molar-refractivity contribution is -0.130. The van der Waals surface area contributed by atoms with Crippen molar-refractivity contribution in [2.45, 2.75) is 13.8 Å². The number of aryl methyl sites for hydroxylation is 2. The van der Waals surface area contributed by atoms with Gasteiger partial charge in [-0.25, -0.2) is 4.98 Å². The Kier molecular flexibility index (Phi) is 6.89. The van der Waals surface area contributed by atoms with Gasteiger partial charge in [0.25, 0.3) is 5.91 Å². The number of hydrogen-bond acceptors (Lipinski definition) is 5. The monoisotopic (exact) mass is 497 g/mol. The number of amides is 1. The second kappa shape index (κ2) is 10.3. The molecule has 1 aliphatic heterocycles. The van der Waals surface area contributed by atoms with Crippen LogP contribution in [0.5, 0.6) is 5.75 Å². The summed E-state index contributed by atoms with van der Waals surface area (Å²) in [7, 11) is 5.63. The van der Waals surface area contributed by atoms with E-state index < -0.39 is 0 Å². The number of hydrogen-bond donors (Lipinski definition) is 1. The van der Waals surface area contributed by atoms with E-state index in [0.717, 1.165) is 53.9 Å². The fraction of sp³-hybridized carbons (Fsp3) is 0.333. The summed E-state index contributed by atoms with van der Waals surface area (Å²) in [5.41, 5.74) is 9.27. The average Bonchev–Trinajstić information content (AvgIpc) is 3.31. The van der Waals surface area contributed by atoms with E-state index in [1.807, 2.05) is 36.7 Å². The van der Waals surface area contributed by atoms with Gasteiger partial charge < -0.3 is 24.4 Å². The predicted octanol–water partition coefficient (Wildman–Crippen LogP) is 4.73. The maximum atomic E-state index is 11.8. The molecule has 3 heterocycles. The van der Waals surface area contributed by atoms with Crippen molar-refractivity contribution in [3.05, 3.63) is 66.0 Å². The molecule has 0 bridgehead atoms. The molecule has 1 fully saturated rings. The second-order valence-corrected chi connectivity index (χ2v) is 10.2. The SMILES string of the molecule is Cc1cc(-c2cnc3[nH]cc(-c4ccc(OCC(=O)N(C)C)cc4)c3c2)cc(C)c1N1CCN(C)CC1. The van der Waals surface area contributed by atoms with Gasteiger partial charge >= 0.3 is 0 Å². The van der Waals surface area contributed by atoms with Crippen molar-refractivity contribution in [3.63, 3.8) is 0 Å². The number of ether oxygens (including phenoxy) is 1. The van der Waals surface area contributed by atoms with Gasteiger partial charge in [0.05, 0.1) is 0 Å². The van der Waals surface area contributed by atoms with E-state index in [4.69, 9.17) is 9.72 Å². The predicted molar refractivity (Wildman–Crippen MR) is 150 cm³/mol. The van der Waals surface area contributed by atoms with Crippen LogP contribution in [0.4, 0.5) is 5.69 Å². The minimum absolute atomic E-state index is 0.0269. The van der Waals surface area contributed by atoms with Crippen LogP contribution in [0.2, 0.25) is 0 Å². The number of fused-ring (bicyclic) bond motifs is 1. The first-order chi connectivity index (χ1) is 17.8. The van der Waals surface area contributed by atoms with Crippen molar-refractivity contribution in [1.29, 1.82) is 0 Å². The molecule has 192 valence electrons. The van der Waals surface area contributed by atoms with E-state index in [1.165, 1.54) is 27.3 Å². The maximum absolute atomic E-state index is 11.8. The Morgan fingerprint density at radius 2 is 1.65 bits per heavy atom. The molecule has 1 amide bonds. The summed E-state index contributed by atoms with van der Waals surface area (Å²) in [6.45, 7) is 8.78. The van der Waals surface area contributed by atoms with Gasteiger partial charge in [-0.05, 0) is 73.5 Å². The Morgan fingerprint density at radius 1 is 0.973 bits per heavy atom. The number of aromatic amines is 1. The highest BCUT2D eigenvalue weighted by molar-refractivity contribution is 5.96. The number of piperazine rings is 1. The van der Waals surface area contributed by atoms with Crippen LogP contribution in [0.25, 0.3) is 33.3 Å². The van der Waals surface area contributed by atoms with E-state index in [1.54, 1.807) is 14.1 Å². The van der Waals surface area contributed by atoms with Gasteiger partial charge in [0.2, 0.25) is 0 Å². The van der Waals surface area contributed by atoms with Crippen LogP contribution in [-0.4, -0.2) is 79.6 Å². The fourth-order valence-corrected chi connectivity index (χ4v) is 5.06. The Morgan fingerprint density at radius 3 is 2.30 bits per heavy atom. The highest BCUT2D eigenvalue weighted by atomic mass is 16.5. The normalized spacial score (nSPS) is 14.2. The van der Waals surface area contributed by atoms with Gasteiger partial charge in [0.1, 0.15) is 11.4 Å². The standard InChI is InChI=1S/C30H35N5O2/c1-20-14-23(15-21(2)29(20)35-12-10-34(5)11-13-35)24-16-26-27(18-32-30(26)31-17-24)22-6-8-25(9-7-22)37-19-28(36)33(3)4/h6-9,14-18H,10-13,19H2,1-5H3,(H,31,32). The second-order valence-electron chi connectivity index (χ2n) is 10.2. The third-order valence-corrected chi connectivity index (χ3v) is 7.20. The minimum atomic E-state index is -0.0682. The molecule has 1 aliphatic rings. The molecule has 5 rings (SSSR count). The Labute approximate surface area is 218 Å². The van der Waals surface area contributed by atoms with Gasteiger partial charge in [-0.2, -0.15) is 0 Å².